The summed E-state index contributed by atoms with van der Waals surface area (Å²) < 4.78 is 23.1. The van der Waals surface area contributed by atoms with Crippen LogP contribution in [-0.2, 0) is 10.0 Å². The van der Waals surface area contributed by atoms with Gasteiger partial charge in [0, 0.05) is 31.9 Å². The summed E-state index contributed by atoms with van der Waals surface area (Å²) in [4.78, 5) is 2.23. The molecule has 0 unspecified atom stereocenters. The van der Waals surface area contributed by atoms with E-state index in [1.807, 2.05) is 5.01 Å². The number of likely N-dealkylation sites (N-methyl/N-ethyl adjacent to an activating group) is 1. The first-order valence-electron chi connectivity index (χ1n) is 5.99. The van der Waals surface area contributed by atoms with Crippen molar-refractivity contribution >= 4 is 21.4 Å². The predicted octanol–water partition coefficient (Wildman–Crippen LogP) is -0.509. The minimum Gasteiger partial charge on any atom is -0.399 e. The van der Waals surface area contributed by atoms with Gasteiger partial charge in [-0.2, -0.15) is 0 Å². The summed E-state index contributed by atoms with van der Waals surface area (Å²) in [6, 6.07) is 4.65. The van der Waals surface area contributed by atoms with Crippen LogP contribution in [0.2, 0.25) is 0 Å². The van der Waals surface area contributed by atoms with E-state index in [1.165, 1.54) is 6.07 Å². The van der Waals surface area contributed by atoms with Crippen LogP contribution in [0, 0.1) is 0 Å². The van der Waals surface area contributed by atoms with Crippen molar-refractivity contribution in [3.05, 3.63) is 18.2 Å². The van der Waals surface area contributed by atoms with Crippen molar-refractivity contribution in [2.75, 3.05) is 44.4 Å². The molecule has 7 nitrogen and oxygen atoms in total. The largest absolute Gasteiger partial charge is 0.399 e. The molecule has 0 radical (unpaired) electrons. The zero-order valence-electron chi connectivity index (χ0n) is 10.8. The fourth-order valence-corrected chi connectivity index (χ4v) is 2.68. The zero-order chi connectivity index (χ0) is 14.0. The molecule has 0 saturated carbocycles. The molecule has 2 rings (SSSR count). The molecule has 8 heteroatoms. The summed E-state index contributed by atoms with van der Waals surface area (Å²) in [6.45, 7) is 3.47. The second-order valence-electron chi connectivity index (χ2n) is 4.70. The Morgan fingerprint density at radius 1 is 1.21 bits per heavy atom. The van der Waals surface area contributed by atoms with E-state index in [1.54, 1.807) is 12.1 Å². The quantitative estimate of drug-likeness (QED) is 0.646. The number of hydrazine groups is 1. The van der Waals surface area contributed by atoms with Crippen molar-refractivity contribution in [2.24, 2.45) is 5.14 Å². The highest BCUT2D eigenvalue weighted by molar-refractivity contribution is 7.89. The number of hydrogen-bond donors (Lipinski definition) is 3. The Balaban J connectivity index is 2.21. The number of hydrogen-bond acceptors (Lipinski definition) is 6. The number of nitrogen functional groups attached to an aromatic ring is 1. The highest BCUT2D eigenvalue weighted by atomic mass is 32.2. The Hall–Kier alpha value is -1.35. The molecule has 1 aromatic rings. The van der Waals surface area contributed by atoms with E-state index in [0.717, 1.165) is 26.2 Å². The predicted molar refractivity (Wildman–Crippen MR) is 74.9 cm³/mol. The first kappa shape index (κ1) is 14.1. The van der Waals surface area contributed by atoms with Gasteiger partial charge in [0.15, 0.2) is 0 Å². The van der Waals surface area contributed by atoms with E-state index in [0.29, 0.717) is 11.4 Å². The van der Waals surface area contributed by atoms with Crippen LogP contribution in [0.1, 0.15) is 0 Å². The van der Waals surface area contributed by atoms with Crippen molar-refractivity contribution in [3.8, 4) is 0 Å². The Morgan fingerprint density at radius 2 is 1.84 bits per heavy atom. The summed E-state index contributed by atoms with van der Waals surface area (Å²) in [7, 11) is -1.75. The Bertz CT molecular complexity index is 552. The van der Waals surface area contributed by atoms with Crippen LogP contribution in [0.3, 0.4) is 0 Å². The maximum atomic E-state index is 11.6. The molecule has 0 aliphatic carbocycles. The maximum absolute atomic E-state index is 11.6. The molecule has 0 amide bonds. The van der Waals surface area contributed by atoms with Gasteiger partial charge in [0.25, 0.3) is 0 Å². The van der Waals surface area contributed by atoms with Crippen LogP contribution in [0.25, 0.3) is 0 Å². The lowest BCUT2D eigenvalue weighted by Crippen LogP contribution is -2.47. The fraction of sp³-hybridized carbons (Fsp3) is 0.455. The lowest BCUT2D eigenvalue weighted by Gasteiger charge is -2.33. The van der Waals surface area contributed by atoms with Gasteiger partial charge in [-0.15, -0.1) is 0 Å². The van der Waals surface area contributed by atoms with Crippen molar-refractivity contribution in [3.63, 3.8) is 0 Å². The second-order valence-corrected chi connectivity index (χ2v) is 6.23. The Kier molecular flexibility index (Phi) is 3.95. The second kappa shape index (κ2) is 5.33. The third-order valence-electron chi connectivity index (χ3n) is 3.09. The maximum Gasteiger partial charge on any atom is 0.240 e. The van der Waals surface area contributed by atoms with Gasteiger partial charge in [-0.25, -0.2) is 18.6 Å². The van der Waals surface area contributed by atoms with E-state index in [2.05, 4.69) is 17.4 Å². The van der Waals surface area contributed by atoms with Gasteiger partial charge in [-0.3, -0.25) is 0 Å². The third kappa shape index (κ3) is 3.57. The molecule has 0 bridgehead atoms. The van der Waals surface area contributed by atoms with Crippen molar-refractivity contribution in [2.45, 2.75) is 4.90 Å². The number of primary sulfonamides is 1. The molecule has 1 saturated heterocycles. The van der Waals surface area contributed by atoms with E-state index in [-0.39, 0.29) is 4.90 Å². The highest BCUT2D eigenvalue weighted by Gasteiger charge is 2.18. The number of nitrogens with zero attached hydrogens (tertiary/aromatic N) is 2. The van der Waals surface area contributed by atoms with Gasteiger partial charge in [0.05, 0.1) is 5.69 Å². The fourth-order valence-electron chi connectivity index (χ4n) is 1.96. The highest BCUT2D eigenvalue weighted by Crippen LogP contribution is 2.23. The number of anilines is 2. The molecule has 0 spiro atoms. The van der Waals surface area contributed by atoms with Crippen LogP contribution in [0.4, 0.5) is 11.4 Å². The molecule has 1 heterocycles. The molecule has 0 aromatic heterocycles. The van der Waals surface area contributed by atoms with Crippen LogP contribution >= 0.6 is 0 Å². The number of rotatable bonds is 3. The first-order valence-corrected chi connectivity index (χ1v) is 7.53. The average Bonchev–Trinajstić information content (AvgIpc) is 2.33. The van der Waals surface area contributed by atoms with E-state index in [4.69, 9.17) is 10.9 Å². The number of sulfonamides is 1. The molecular weight excluding hydrogens is 266 g/mol. The normalized spacial score (nSPS) is 18.4. The number of nitrogens with two attached hydrogens (primary N) is 2. The molecule has 0 atom stereocenters. The smallest absolute Gasteiger partial charge is 0.240 e. The van der Waals surface area contributed by atoms with Gasteiger partial charge in [0.1, 0.15) is 4.90 Å². The lowest BCUT2D eigenvalue weighted by atomic mass is 10.3. The minimum atomic E-state index is -3.80. The first-order chi connectivity index (χ1) is 8.86. The van der Waals surface area contributed by atoms with E-state index in [9.17, 15) is 8.42 Å². The monoisotopic (exact) mass is 285 g/mol. The third-order valence-corrected chi connectivity index (χ3v) is 4.04. The van der Waals surface area contributed by atoms with Crippen LogP contribution in [0.5, 0.6) is 0 Å². The van der Waals surface area contributed by atoms with E-state index < -0.39 is 10.0 Å². The Labute approximate surface area is 113 Å². The van der Waals surface area contributed by atoms with E-state index >= 15 is 0 Å². The van der Waals surface area contributed by atoms with Crippen molar-refractivity contribution < 1.29 is 8.42 Å². The summed E-state index contributed by atoms with van der Waals surface area (Å²) in [6.07, 6.45) is 0. The number of nitrogens with one attached hydrogen (secondary N) is 1. The topological polar surface area (TPSA) is 105 Å². The summed E-state index contributed by atoms with van der Waals surface area (Å²) >= 11 is 0. The van der Waals surface area contributed by atoms with Gasteiger partial charge in [0.2, 0.25) is 10.0 Å². The lowest BCUT2D eigenvalue weighted by molar-refractivity contribution is 0.178. The van der Waals surface area contributed by atoms with Crippen molar-refractivity contribution in [1.29, 1.82) is 0 Å². The molecule has 5 N–H and O–H groups in total. The average molecular weight is 285 g/mol. The Morgan fingerprint density at radius 3 is 2.42 bits per heavy atom. The zero-order valence-corrected chi connectivity index (χ0v) is 11.7. The van der Waals surface area contributed by atoms with Crippen LogP contribution in [0.15, 0.2) is 23.1 Å². The molecule has 1 aliphatic rings. The van der Waals surface area contributed by atoms with Gasteiger partial charge >= 0.3 is 0 Å². The molecule has 1 aromatic carbocycles. The molecule has 106 valence electrons. The molecule has 1 fully saturated rings. The molecular formula is C11H19N5O2S. The van der Waals surface area contributed by atoms with Crippen LogP contribution < -0.4 is 16.3 Å². The van der Waals surface area contributed by atoms with Crippen molar-refractivity contribution in [1.82, 2.24) is 9.91 Å². The van der Waals surface area contributed by atoms with Gasteiger partial charge in [-0.1, -0.05) is 0 Å². The summed E-state index contributed by atoms with van der Waals surface area (Å²) in [5, 5.41) is 7.18. The number of piperazine rings is 1. The van der Waals surface area contributed by atoms with Gasteiger partial charge in [-0.05, 0) is 25.2 Å². The molecule has 1 aliphatic heterocycles. The standard InChI is InChI=1S/C11H19N5O2S/c1-15-4-6-16(7-5-15)14-10-3-2-9(12)8-11(10)19(13,17)18/h2-3,8,14H,4-7,12H2,1H3,(H2,13,17,18). The SMILES string of the molecule is CN1CCN(Nc2ccc(N)cc2S(N)(=O)=O)CC1. The minimum absolute atomic E-state index is 0.0198. The summed E-state index contributed by atoms with van der Waals surface area (Å²) in [5.41, 5.74) is 9.53. The number of benzene rings is 1. The van der Waals surface area contributed by atoms with Gasteiger partial charge < -0.3 is 16.1 Å². The van der Waals surface area contributed by atoms with Crippen LogP contribution in [-0.4, -0.2) is 51.6 Å². The molecule has 19 heavy (non-hydrogen) atoms. The summed E-state index contributed by atoms with van der Waals surface area (Å²) in [5.74, 6) is 0.